The molecule has 2 saturated carbocycles. The van der Waals surface area contributed by atoms with E-state index in [0.717, 1.165) is 25.7 Å². The van der Waals surface area contributed by atoms with E-state index in [4.69, 9.17) is 29.8 Å². The summed E-state index contributed by atoms with van der Waals surface area (Å²) < 4.78 is 19.8. The molecular weight excluding hydrogens is 502 g/mol. The predicted molar refractivity (Wildman–Crippen MR) is 137 cm³/mol. The van der Waals surface area contributed by atoms with Crippen molar-refractivity contribution < 1.29 is 48.0 Å². The van der Waals surface area contributed by atoms with Crippen molar-refractivity contribution in [1.82, 2.24) is 10.6 Å². The zero-order chi connectivity index (χ0) is 29.8. The number of amides is 2. The van der Waals surface area contributed by atoms with Crippen LogP contribution in [0.4, 0.5) is 9.59 Å². The van der Waals surface area contributed by atoms with E-state index in [1.807, 2.05) is 0 Å². The molecule has 3 atom stereocenters. The first-order chi connectivity index (χ1) is 17.2. The average molecular weight is 548 g/mol. The van der Waals surface area contributed by atoms with Crippen LogP contribution in [0.2, 0.25) is 0 Å². The van der Waals surface area contributed by atoms with Crippen LogP contribution in [-0.2, 0) is 33.3 Å². The van der Waals surface area contributed by atoms with Gasteiger partial charge in [-0.2, -0.15) is 0 Å². The maximum atomic E-state index is 11.4. The molecule has 0 aromatic carbocycles. The van der Waals surface area contributed by atoms with Crippen molar-refractivity contribution in [2.45, 2.75) is 130 Å². The molecule has 0 aliphatic heterocycles. The van der Waals surface area contributed by atoms with E-state index in [9.17, 15) is 24.0 Å². The molecule has 5 N–H and O–H groups in total. The Morgan fingerprint density at radius 2 is 1.05 bits per heavy atom. The van der Waals surface area contributed by atoms with Gasteiger partial charge in [-0.15, -0.1) is 0 Å². The van der Waals surface area contributed by atoms with Crippen LogP contribution in [0, 0.1) is 0 Å². The number of carbonyl (C=O) groups excluding carboxylic acids is 4. The second-order valence-corrected chi connectivity index (χ2v) is 11.1. The van der Waals surface area contributed by atoms with Gasteiger partial charge in [0.05, 0.1) is 0 Å². The monoisotopic (exact) mass is 547 g/mol. The highest BCUT2D eigenvalue weighted by atomic mass is 16.6. The van der Waals surface area contributed by atoms with E-state index < -0.39 is 53.5 Å². The molecule has 0 bridgehead atoms. The highest BCUT2D eigenvalue weighted by Crippen LogP contribution is 2.24. The highest BCUT2D eigenvalue weighted by molar-refractivity contribution is 5.81. The molecule has 13 nitrogen and oxygen atoms in total. The van der Waals surface area contributed by atoms with Gasteiger partial charge in [0.15, 0.2) is 0 Å². The summed E-state index contributed by atoms with van der Waals surface area (Å²) in [5.74, 6) is -1.78. The summed E-state index contributed by atoms with van der Waals surface area (Å²) in [4.78, 5) is 54.7. The van der Waals surface area contributed by atoms with Crippen molar-refractivity contribution in [2.75, 3.05) is 0 Å². The Balaban J connectivity index is 0.000000562. The van der Waals surface area contributed by atoms with Crippen molar-refractivity contribution >= 4 is 30.1 Å². The molecule has 0 heterocycles. The zero-order valence-corrected chi connectivity index (χ0v) is 23.9. The SMILES string of the molecule is C[C@H](N)C(=O)OC1CC1.C[C@H](NC(=O)OC(C)(C)C)C(=O)O.C[C@H](NC(=O)OC(C)(C)C)C(=O)OC1CC1. The van der Waals surface area contributed by atoms with E-state index in [-0.39, 0.29) is 18.2 Å². The van der Waals surface area contributed by atoms with Crippen LogP contribution in [0.5, 0.6) is 0 Å². The van der Waals surface area contributed by atoms with Crippen molar-refractivity contribution in [1.29, 1.82) is 0 Å². The standard InChI is InChI=1S/C11H19NO4.C8H15NO4.C6H11NO2/c1-7(9(13)15-8-5-6-8)12-10(14)16-11(2,3)4;1-5(6(10)11)9-7(12)13-8(2,3)4;1-4(7)6(8)9-5-2-3-5/h7-8H,5-6H2,1-4H3,(H,12,14);5H,1-4H3,(H,9,12)(H,10,11);4-5H,2-3,7H2,1H3/t7-;5-;4-/m000/s1. The van der Waals surface area contributed by atoms with Crippen molar-refractivity contribution in [3.63, 3.8) is 0 Å². The van der Waals surface area contributed by atoms with Gasteiger partial charge < -0.3 is 40.4 Å². The third kappa shape index (κ3) is 20.0. The van der Waals surface area contributed by atoms with Crippen molar-refractivity contribution in [3.8, 4) is 0 Å². The molecule has 2 aliphatic rings. The molecule has 2 aliphatic carbocycles. The number of rotatable bonds is 7. The van der Waals surface area contributed by atoms with Crippen LogP contribution in [0.1, 0.15) is 88.0 Å². The lowest BCUT2D eigenvalue weighted by atomic mass is 10.2. The fraction of sp³-hybridized carbons (Fsp3) is 0.800. The minimum absolute atomic E-state index is 0.0513. The van der Waals surface area contributed by atoms with Gasteiger partial charge in [-0.05, 0) is 88.0 Å². The van der Waals surface area contributed by atoms with Gasteiger partial charge in [0.1, 0.15) is 41.5 Å². The molecule has 0 radical (unpaired) electrons. The Morgan fingerprint density at radius 1 is 0.711 bits per heavy atom. The molecule has 38 heavy (non-hydrogen) atoms. The topological polar surface area (TPSA) is 193 Å². The minimum Gasteiger partial charge on any atom is -0.480 e. The Labute approximate surface area is 224 Å². The van der Waals surface area contributed by atoms with E-state index in [0.29, 0.717) is 0 Å². The number of ether oxygens (including phenoxy) is 4. The zero-order valence-electron chi connectivity index (χ0n) is 23.9. The van der Waals surface area contributed by atoms with Crippen LogP contribution in [0.15, 0.2) is 0 Å². The first-order valence-corrected chi connectivity index (χ1v) is 12.6. The maximum Gasteiger partial charge on any atom is 0.408 e. The summed E-state index contributed by atoms with van der Waals surface area (Å²) in [5, 5.41) is 13.1. The number of hydrogen-bond donors (Lipinski definition) is 4. The van der Waals surface area contributed by atoms with Gasteiger partial charge >= 0.3 is 30.1 Å². The fourth-order valence-electron chi connectivity index (χ4n) is 2.00. The molecule has 2 amide bonds. The van der Waals surface area contributed by atoms with Gasteiger partial charge in [0.25, 0.3) is 0 Å². The summed E-state index contributed by atoms with van der Waals surface area (Å²) in [7, 11) is 0. The van der Waals surface area contributed by atoms with Crippen LogP contribution < -0.4 is 16.4 Å². The first kappa shape index (κ1) is 34.9. The number of esters is 2. The molecule has 2 rings (SSSR count). The number of carboxylic acid groups (broad SMARTS) is 1. The van der Waals surface area contributed by atoms with E-state index in [1.165, 1.54) is 6.92 Å². The number of aliphatic carboxylic acids is 1. The number of carboxylic acids is 1. The second kappa shape index (κ2) is 15.4. The summed E-state index contributed by atoms with van der Waals surface area (Å²) >= 11 is 0. The number of nitrogens with two attached hydrogens (primary N) is 1. The maximum absolute atomic E-state index is 11.4. The van der Waals surface area contributed by atoms with E-state index >= 15 is 0 Å². The van der Waals surface area contributed by atoms with Gasteiger partial charge in [-0.25, -0.2) is 14.4 Å². The van der Waals surface area contributed by atoms with Crippen LogP contribution in [0.25, 0.3) is 0 Å². The average Bonchev–Trinajstić information content (AvgIpc) is 3.62. The van der Waals surface area contributed by atoms with E-state index in [2.05, 4.69) is 10.6 Å². The molecule has 2 fully saturated rings. The molecule has 13 heteroatoms. The minimum atomic E-state index is -1.09. The summed E-state index contributed by atoms with van der Waals surface area (Å²) in [6.45, 7) is 15.0. The smallest absolute Gasteiger partial charge is 0.408 e. The second-order valence-electron chi connectivity index (χ2n) is 11.1. The highest BCUT2D eigenvalue weighted by Gasteiger charge is 2.29. The third-order valence-corrected chi connectivity index (χ3v) is 4.18. The summed E-state index contributed by atoms with van der Waals surface area (Å²) in [5.41, 5.74) is 4.06. The Morgan fingerprint density at radius 3 is 1.34 bits per heavy atom. The van der Waals surface area contributed by atoms with Crippen LogP contribution >= 0.6 is 0 Å². The third-order valence-electron chi connectivity index (χ3n) is 4.18. The molecule has 0 aromatic rings. The van der Waals surface area contributed by atoms with Crippen LogP contribution in [-0.4, -0.2) is 76.7 Å². The quantitative estimate of drug-likeness (QED) is 0.270. The van der Waals surface area contributed by atoms with Gasteiger partial charge in [-0.3, -0.25) is 9.59 Å². The van der Waals surface area contributed by atoms with Gasteiger partial charge in [0, 0.05) is 0 Å². The lowest BCUT2D eigenvalue weighted by Gasteiger charge is -2.21. The van der Waals surface area contributed by atoms with Crippen molar-refractivity contribution in [3.05, 3.63) is 0 Å². The molecule has 0 saturated heterocycles. The number of alkyl carbamates (subject to hydrolysis) is 2. The molecular formula is C25H45N3O10. The summed E-state index contributed by atoms with van der Waals surface area (Å²) in [6, 6.07) is -2.07. The predicted octanol–water partition coefficient (Wildman–Crippen LogP) is 2.63. The molecule has 220 valence electrons. The molecule has 0 aromatic heterocycles. The number of carbonyl (C=O) groups is 5. The Bertz CT molecular complexity index is 809. The van der Waals surface area contributed by atoms with Gasteiger partial charge in [-0.1, -0.05) is 0 Å². The Kier molecular flexibility index (Phi) is 14.1. The fourth-order valence-corrected chi connectivity index (χ4v) is 2.00. The lowest BCUT2D eigenvalue weighted by Crippen LogP contribution is -2.42. The largest absolute Gasteiger partial charge is 0.480 e. The normalized spacial score (nSPS) is 16.9. The Hall–Kier alpha value is -3.09. The summed E-state index contributed by atoms with van der Waals surface area (Å²) in [6.07, 6.45) is 2.78. The van der Waals surface area contributed by atoms with Crippen LogP contribution in [0.3, 0.4) is 0 Å². The van der Waals surface area contributed by atoms with E-state index in [1.54, 1.807) is 55.4 Å². The van der Waals surface area contributed by atoms with Gasteiger partial charge in [0.2, 0.25) is 0 Å². The molecule has 0 unspecified atom stereocenters. The number of nitrogens with one attached hydrogen (secondary N) is 2. The number of hydrogen-bond acceptors (Lipinski definition) is 10. The lowest BCUT2D eigenvalue weighted by molar-refractivity contribution is -0.147. The first-order valence-electron chi connectivity index (χ1n) is 12.6. The molecule has 0 spiro atoms. The van der Waals surface area contributed by atoms with Crippen molar-refractivity contribution in [2.24, 2.45) is 5.73 Å².